The summed E-state index contributed by atoms with van der Waals surface area (Å²) in [5.74, 6) is 0.129. The summed E-state index contributed by atoms with van der Waals surface area (Å²) in [6.07, 6.45) is 0.695. The number of nitrogens with one attached hydrogen (secondary N) is 2. The molecule has 0 aromatic carbocycles. The summed E-state index contributed by atoms with van der Waals surface area (Å²) in [4.78, 5) is 29.5. The summed E-state index contributed by atoms with van der Waals surface area (Å²) in [5, 5.41) is 5.91. The minimum atomic E-state index is -0.524. The largest absolute Gasteiger partial charge is 0.383 e. The number of thiazole rings is 1. The van der Waals surface area contributed by atoms with Crippen molar-refractivity contribution in [2.75, 3.05) is 17.6 Å². The molecule has 19 heavy (non-hydrogen) atoms. The number of nitrogen functional groups attached to an aromatic ring is 1. The highest BCUT2D eigenvalue weighted by Crippen LogP contribution is 2.11. The molecule has 0 fully saturated rings. The Kier molecular flexibility index (Phi) is 3.70. The van der Waals surface area contributed by atoms with Crippen molar-refractivity contribution in [2.45, 2.75) is 13.3 Å². The van der Waals surface area contributed by atoms with Crippen LogP contribution in [0.1, 0.15) is 10.7 Å². The molecule has 0 saturated carbocycles. The van der Waals surface area contributed by atoms with Crippen molar-refractivity contribution in [3.05, 3.63) is 36.9 Å². The number of aromatic nitrogens is 3. The molecule has 0 atom stereocenters. The quantitative estimate of drug-likeness (QED) is 0.735. The van der Waals surface area contributed by atoms with Gasteiger partial charge in [0.25, 0.3) is 5.56 Å². The fourth-order valence-electron chi connectivity index (χ4n) is 1.62. The number of nitrogens with zero attached hydrogens (tertiary/aromatic N) is 2. The summed E-state index contributed by atoms with van der Waals surface area (Å²) >= 11 is 1.58. The SMILES string of the molecule is Cc1csc(CCNc2c(N)n(C)c(=O)[nH]c2=O)n1. The van der Waals surface area contributed by atoms with E-state index in [1.54, 1.807) is 11.3 Å². The fourth-order valence-corrected chi connectivity index (χ4v) is 2.40. The van der Waals surface area contributed by atoms with Crippen molar-refractivity contribution in [1.29, 1.82) is 0 Å². The highest BCUT2D eigenvalue weighted by atomic mass is 32.1. The van der Waals surface area contributed by atoms with Crippen LogP contribution in [0.2, 0.25) is 0 Å². The Morgan fingerprint density at radius 2 is 2.26 bits per heavy atom. The molecule has 2 rings (SSSR count). The first-order chi connectivity index (χ1) is 8.99. The predicted octanol–water partition coefficient (Wildman–Crippen LogP) is 0.0753. The van der Waals surface area contributed by atoms with E-state index in [1.807, 2.05) is 12.3 Å². The third-order valence-corrected chi connectivity index (χ3v) is 3.70. The van der Waals surface area contributed by atoms with Crippen LogP contribution in [0, 0.1) is 6.92 Å². The van der Waals surface area contributed by atoms with Crippen LogP contribution >= 0.6 is 11.3 Å². The van der Waals surface area contributed by atoms with E-state index in [0.29, 0.717) is 13.0 Å². The van der Waals surface area contributed by atoms with Gasteiger partial charge >= 0.3 is 5.69 Å². The first-order valence-corrected chi connectivity index (χ1v) is 6.60. The van der Waals surface area contributed by atoms with Crippen LogP contribution in [0.3, 0.4) is 0 Å². The minimum absolute atomic E-state index is 0.129. The maximum atomic E-state index is 11.6. The lowest BCUT2D eigenvalue weighted by Gasteiger charge is -2.09. The van der Waals surface area contributed by atoms with Gasteiger partial charge in [-0.25, -0.2) is 9.78 Å². The second kappa shape index (κ2) is 5.27. The van der Waals surface area contributed by atoms with Crippen molar-refractivity contribution in [3.63, 3.8) is 0 Å². The zero-order chi connectivity index (χ0) is 14.0. The summed E-state index contributed by atoms with van der Waals surface area (Å²) in [6, 6.07) is 0. The molecule has 0 amide bonds. The van der Waals surface area contributed by atoms with E-state index in [4.69, 9.17) is 5.73 Å². The molecule has 2 aromatic rings. The summed E-state index contributed by atoms with van der Waals surface area (Å²) in [7, 11) is 1.50. The zero-order valence-electron chi connectivity index (χ0n) is 10.7. The summed E-state index contributed by atoms with van der Waals surface area (Å²) in [6.45, 7) is 2.46. The van der Waals surface area contributed by atoms with Gasteiger partial charge < -0.3 is 11.1 Å². The standard InChI is InChI=1S/C11H15N5O2S/c1-6-5-19-7(14-6)3-4-13-8-9(12)16(2)11(18)15-10(8)17/h5,13H,3-4,12H2,1-2H3,(H,15,17,18). The first-order valence-electron chi connectivity index (χ1n) is 5.72. The predicted molar refractivity (Wildman–Crippen MR) is 75.8 cm³/mol. The van der Waals surface area contributed by atoms with Crippen LogP contribution in [0.25, 0.3) is 0 Å². The number of hydrogen-bond acceptors (Lipinski definition) is 6. The van der Waals surface area contributed by atoms with Gasteiger partial charge in [-0.3, -0.25) is 14.3 Å². The molecule has 0 aliphatic heterocycles. The van der Waals surface area contributed by atoms with E-state index in [1.165, 1.54) is 11.6 Å². The molecule has 8 heteroatoms. The first kappa shape index (κ1) is 13.3. The molecule has 0 radical (unpaired) electrons. The second-order valence-corrected chi connectivity index (χ2v) is 5.08. The van der Waals surface area contributed by atoms with E-state index in [-0.39, 0.29) is 11.5 Å². The van der Waals surface area contributed by atoms with Crippen molar-refractivity contribution in [1.82, 2.24) is 14.5 Å². The second-order valence-electron chi connectivity index (χ2n) is 4.14. The molecule has 2 heterocycles. The molecular weight excluding hydrogens is 266 g/mol. The Morgan fingerprint density at radius 1 is 1.53 bits per heavy atom. The van der Waals surface area contributed by atoms with Crippen molar-refractivity contribution in [2.24, 2.45) is 7.05 Å². The average Bonchev–Trinajstić information content (AvgIpc) is 2.77. The van der Waals surface area contributed by atoms with Crippen LogP contribution in [-0.4, -0.2) is 21.1 Å². The van der Waals surface area contributed by atoms with E-state index < -0.39 is 11.2 Å². The summed E-state index contributed by atoms with van der Waals surface area (Å²) < 4.78 is 1.19. The lowest BCUT2D eigenvalue weighted by molar-refractivity contribution is 0.811. The maximum absolute atomic E-state index is 11.6. The Morgan fingerprint density at radius 3 is 2.89 bits per heavy atom. The molecule has 2 aromatic heterocycles. The topological polar surface area (TPSA) is 106 Å². The van der Waals surface area contributed by atoms with Crippen LogP contribution < -0.4 is 22.3 Å². The highest BCUT2D eigenvalue weighted by Gasteiger charge is 2.09. The van der Waals surface area contributed by atoms with Crippen LogP contribution in [0.4, 0.5) is 11.5 Å². The van der Waals surface area contributed by atoms with Crippen LogP contribution in [0.5, 0.6) is 0 Å². The number of aromatic amines is 1. The smallest absolute Gasteiger partial charge is 0.329 e. The Labute approximate surface area is 113 Å². The lowest BCUT2D eigenvalue weighted by atomic mass is 10.4. The van der Waals surface area contributed by atoms with Gasteiger partial charge in [0, 0.05) is 31.1 Å². The normalized spacial score (nSPS) is 10.6. The van der Waals surface area contributed by atoms with Gasteiger partial charge in [0.2, 0.25) is 0 Å². The highest BCUT2D eigenvalue weighted by molar-refractivity contribution is 7.09. The van der Waals surface area contributed by atoms with Crippen LogP contribution in [-0.2, 0) is 13.5 Å². The molecule has 7 nitrogen and oxygen atoms in total. The van der Waals surface area contributed by atoms with E-state index >= 15 is 0 Å². The molecule has 0 spiro atoms. The fraction of sp³-hybridized carbons (Fsp3) is 0.364. The van der Waals surface area contributed by atoms with E-state index in [2.05, 4.69) is 15.3 Å². The van der Waals surface area contributed by atoms with Gasteiger partial charge in [0.05, 0.1) is 5.01 Å². The van der Waals surface area contributed by atoms with Gasteiger partial charge in [0.1, 0.15) is 11.5 Å². The Hall–Kier alpha value is -2.09. The molecule has 0 bridgehead atoms. The molecular formula is C11H15N5O2S. The van der Waals surface area contributed by atoms with Gasteiger partial charge in [-0.15, -0.1) is 11.3 Å². The maximum Gasteiger partial charge on any atom is 0.329 e. The number of anilines is 2. The Bertz CT molecular complexity index is 700. The van der Waals surface area contributed by atoms with Gasteiger partial charge in [-0.1, -0.05) is 0 Å². The number of rotatable bonds is 4. The third-order valence-electron chi connectivity index (χ3n) is 2.68. The van der Waals surface area contributed by atoms with Crippen LogP contribution in [0.15, 0.2) is 15.0 Å². The van der Waals surface area contributed by atoms with E-state index in [9.17, 15) is 9.59 Å². The zero-order valence-corrected chi connectivity index (χ0v) is 11.5. The monoisotopic (exact) mass is 281 g/mol. The summed E-state index contributed by atoms with van der Waals surface area (Å²) in [5.41, 5.74) is 5.91. The average molecular weight is 281 g/mol. The number of H-pyrrole nitrogens is 1. The van der Waals surface area contributed by atoms with E-state index in [0.717, 1.165) is 10.7 Å². The van der Waals surface area contributed by atoms with Gasteiger partial charge in [-0.2, -0.15) is 0 Å². The molecule has 0 unspecified atom stereocenters. The van der Waals surface area contributed by atoms with Crippen molar-refractivity contribution in [3.8, 4) is 0 Å². The van der Waals surface area contributed by atoms with Crippen molar-refractivity contribution >= 4 is 22.8 Å². The number of aryl methyl sites for hydroxylation is 1. The number of hydrogen-bond donors (Lipinski definition) is 3. The molecule has 4 N–H and O–H groups in total. The molecule has 0 aliphatic rings. The number of nitrogens with two attached hydrogens (primary N) is 1. The Balaban J connectivity index is 2.10. The van der Waals surface area contributed by atoms with Gasteiger partial charge in [0.15, 0.2) is 0 Å². The molecule has 102 valence electrons. The van der Waals surface area contributed by atoms with Crippen molar-refractivity contribution < 1.29 is 0 Å². The molecule has 0 aliphatic carbocycles. The third kappa shape index (κ3) is 2.84. The molecule has 0 saturated heterocycles. The minimum Gasteiger partial charge on any atom is -0.383 e. The lowest BCUT2D eigenvalue weighted by Crippen LogP contribution is -2.32. The van der Waals surface area contributed by atoms with Gasteiger partial charge in [-0.05, 0) is 6.92 Å².